The van der Waals surface area contributed by atoms with Crippen molar-refractivity contribution >= 4 is 15.5 Å². The number of anilines is 1. The summed E-state index contributed by atoms with van der Waals surface area (Å²) in [5.41, 5.74) is 2.16. The lowest BCUT2D eigenvalue weighted by atomic mass is 10.1. The maximum atomic E-state index is 13.8. The molecule has 0 fully saturated rings. The van der Waals surface area contributed by atoms with Crippen LogP contribution in [0.5, 0.6) is 0 Å². The highest BCUT2D eigenvalue weighted by molar-refractivity contribution is 7.91. The van der Waals surface area contributed by atoms with Crippen molar-refractivity contribution < 1.29 is 12.8 Å². The molecule has 0 saturated heterocycles. The van der Waals surface area contributed by atoms with Crippen LogP contribution in [0.3, 0.4) is 0 Å². The van der Waals surface area contributed by atoms with Crippen LogP contribution in [0.1, 0.15) is 30.5 Å². The van der Waals surface area contributed by atoms with Crippen LogP contribution in [0.15, 0.2) is 42.5 Å². The number of hydrogen-bond donors (Lipinski definition) is 1. The summed E-state index contributed by atoms with van der Waals surface area (Å²) in [5, 5.41) is 11.5. The van der Waals surface area contributed by atoms with Crippen LogP contribution in [-0.4, -0.2) is 13.7 Å². The van der Waals surface area contributed by atoms with Crippen molar-refractivity contribution in [2.45, 2.75) is 31.4 Å². The molecule has 2 rings (SSSR count). The van der Waals surface area contributed by atoms with Crippen molar-refractivity contribution in [2.75, 3.05) is 5.32 Å². The molecule has 24 heavy (non-hydrogen) atoms. The van der Waals surface area contributed by atoms with Crippen molar-refractivity contribution in [3.8, 4) is 6.07 Å². The van der Waals surface area contributed by atoms with Crippen molar-refractivity contribution in [3.63, 3.8) is 0 Å². The number of halogens is 1. The maximum Gasteiger partial charge on any atom is 0.156 e. The van der Waals surface area contributed by atoms with Crippen LogP contribution in [-0.2, 0) is 22.1 Å². The third kappa shape index (κ3) is 4.56. The van der Waals surface area contributed by atoms with Gasteiger partial charge in [0.1, 0.15) is 5.82 Å². The van der Waals surface area contributed by atoms with Gasteiger partial charge >= 0.3 is 0 Å². The largest absolute Gasteiger partial charge is 0.381 e. The summed E-state index contributed by atoms with van der Waals surface area (Å²) in [7, 11) is -3.17. The van der Waals surface area contributed by atoms with Crippen LogP contribution in [0.25, 0.3) is 0 Å². The average Bonchev–Trinajstić information content (AvgIpc) is 2.54. The standard InChI is InChI=1S/C18H19FN2O2S/c1-13(2)24(22,23)12-15-4-3-5-17(9-15)21-11-16-8-14(10-20)6-7-18(16)19/h3-9,13,21H,11-12H2,1-2H3. The summed E-state index contributed by atoms with van der Waals surface area (Å²) in [4.78, 5) is 0. The highest BCUT2D eigenvalue weighted by Crippen LogP contribution is 2.18. The van der Waals surface area contributed by atoms with Gasteiger partial charge in [0.15, 0.2) is 9.84 Å². The molecule has 0 bridgehead atoms. The van der Waals surface area contributed by atoms with Gasteiger partial charge in [0.05, 0.1) is 22.6 Å². The first-order valence-electron chi connectivity index (χ1n) is 7.55. The lowest BCUT2D eigenvalue weighted by molar-refractivity contribution is 0.586. The number of nitrogens with one attached hydrogen (secondary N) is 1. The Kier molecular flexibility index (Phi) is 5.58. The van der Waals surface area contributed by atoms with Gasteiger partial charge in [-0.05, 0) is 49.7 Å². The van der Waals surface area contributed by atoms with E-state index >= 15 is 0 Å². The SMILES string of the molecule is CC(C)S(=O)(=O)Cc1cccc(NCc2cc(C#N)ccc2F)c1. The van der Waals surface area contributed by atoms with Crippen LogP contribution in [0, 0.1) is 17.1 Å². The zero-order chi connectivity index (χ0) is 17.7. The minimum absolute atomic E-state index is 0.0293. The van der Waals surface area contributed by atoms with E-state index in [1.807, 2.05) is 6.07 Å². The molecule has 0 aromatic heterocycles. The fourth-order valence-electron chi connectivity index (χ4n) is 2.15. The van der Waals surface area contributed by atoms with Gasteiger partial charge in [-0.25, -0.2) is 12.8 Å². The van der Waals surface area contributed by atoms with Crippen molar-refractivity contribution in [3.05, 3.63) is 65.0 Å². The van der Waals surface area contributed by atoms with E-state index in [0.29, 0.717) is 22.4 Å². The molecule has 0 saturated carbocycles. The van der Waals surface area contributed by atoms with Crippen LogP contribution in [0.2, 0.25) is 0 Å². The molecule has 2 aromatic rings. The third-order valence-corrected chi connectivity index (χ3v) is 5.84. The highest BCUT2D eigenvalue weighted by Gasteiger charge is 2.16. The molecule has 0 heterocycles. The minimum Gasteiger partial charge on any atom is -0.381 e. The van der Waals surface area contributed by atoms with E-state index in [4.69, 9.17) is 5.26 Å². The monoisotopic (exact) mass is 346 g/mol. The van der Waals surface area contributed by atoms with Crippen LogP contribution < -0.4 is 5.32 Å². The van der Waals surface area contributed by atoms with E-state index in [2.05, 4.69) is 5.32 Å². The normalized spacial score (nSPS) is 11.3. The van der Waals surface area contributed by atoms with Gasteiger partial charge in [-0.3, -0.25) is 0 Å². The molecule has 0 aliphatic rings. The fraction of sp³-hybridized carbons (Fsp3) is 0.278. The van der Waals surface area contributed by atoms with E-state index < -0.39 is 15.1 Å². The molecular formula is C18H19FN2O2S. The Morgan fingerprint density at radius 2 is 1.96 bits per heavy atom. The smallest absolute Gasteiger partial charge is 0.156 e. The second-order valence-corrected chi connectivity index (χ2v) is 8.39. The van der Waals surface area contributed by atoms with Crippen molar-refractivity contribution in [1.29, 1.82) is 5.26 Å². The summed E-state index contributed by atoms with van der Waals surface area (Å²) in [6.07, 6.45) is 0. The Hall–Kier alpha value is -2.39. The first-order valence-corrected chi connectivity index (χ1v) is 9.26. The summed E-state index contributed by atoms with van der Waals surface area (Å²) >= 11 is 0. The quantitative estimate of drug-likeness (QED) is 0.867. The van der Waals surface area contributed by atoms with Crippen molar-refractivity contribution in [2.24, 2.45) is 0 Å². The first kappa shape index (κ1) is 18.0. The van der Waals surface area contributed by atoms with Gasteiger partial charge in [-0.2, -0.15) is 5.26 Å². The molecule has 1 N–H and O–H groups in total. The summed E-state index contributed by atoms with van der Waals surface area (Å²) in [6.45, 7) is 3.52. The van der Waals surface area contributed by atoms with Gasteiger partial charge in [0.25, 0.3) is 0 Å². The van der Waals surface area contributed by atoms with Gasteiger partial charge < -0.3 is 5.32 Å². The van der Waals surface area contributed by atoms with E-state index in [1.54, 1.807) is 38.1 Å². The van der Waals surface area contributed by atoms with Gasteiger partial charge in [-0.15, -0.1) is 0 Å². The fourth-order valence-corrected chi connectivity index (χ4v) is 3.12. The first-order chi connectivity index (χ1) is 11.3. The predicted octanol–water partition coefficient (Wildman–Crippen LogP) is 3.63. The van der Waals surface area contributed by atoms with E-state index in [0.717, 1.165) is 0 Å². The summed E-state index contributed by atoms with van der Waals surface area (Å²) in [5.74, 6) is -0.418. The molecule has 0 atom stereocenters. The lowest BCUT2D eigenvalue weighted by Gasteiger charge is -2.11. The molecule has 4 nitrogen and oxygen atoms in total. The molecule has 0 aliphatic carbocycles. The maximum absolute atomic E-state index is 13.8. The Morgan fingerprint density at radius 3 is 2.62 bits per heavy atom. The molecular weight excluding hydrogens is 327 g/mol. The number of nitrogens with zero attached hydrogens (tertiary/aromatic N) is 1. The molecule has 0 amide bonds. The van der Waals surface area contributed by atoms with E-state index in [9.17, 15) is 12.8 Å². The molecule has 0 unspecified atom stereocenters. The van der Waals surface area contributed by atoms with Crippen LogP contribution in [0.4, 0.5) is 10.1 Å². The van der Waals surface area contributed by atoms with Gasteiger partial charge in [0, 0.05) is 17.8 Å². The van der Waals surface area contributed by atoms with E-state index in [-0.39, 0.29) is 18.1 Å². The Labute approximate surface area is 141 Å². The number of sulfone groups is 1. The predicted molar refractivity (Wildman–Crippen MR) is 92.6 cm³/mol. The molecule has 0 aliphatic heterocycles. The number of hydrogen-bond acceptors (Lipinski definition) is 4. The molecule has 0 radical (unpaired) electrons. The average molecular weight is 346 g/mol. The molecule has 0 spiro atoms. The number of rotatable bonds is 6. The summed E-state index contributed by atoms with van der Waals surface area (Å²) < 4.78 is 37.8. The van der Waals surface area contributed by atoms with Gasteiger partial charge in [0.2, 0.25) is 0 Å². The minimum atomic E-state index is -3.17. The molecule has 6 heteroatoms. The summed E-state index contributed by atoms with van der Waals surface area (Å²) in [6, 6.07) is 13.2. The number of nitriles is 1. The Balaban J connectivity index is 2.12. The Bertz CT molecular complexity index is 871. The second kappa shape index (κ2) is 7.45. The zero-order valence-corrected chi connectivity index (χ0v) is 14.4. The molecule has 2 aromatic carbocycles. The Morgan fingerprint density at radius 1 is 1.21 bits per heavy atom. The third-order valence-electron chi connectivity index (χ3n) is 3.67. The number of benzene rings is 2. The lowest BCUT2D eigenvalue weighted by Crippen LogP contribution is -2.16. The van der Waals surface area contributed by atoms with Crippen molar-refractivity contribution in [1.82, 2.24) is 0 Å². The highest BCUT2D eigenvalue weighted by atomic mass is 32.2. The van der Waals surface area contributed by atoms with Crippen LogP contribution >= 0.6 is 0 Å². The topological polar surface area (TPSA) is 70.0 Å². The van der Waals surface area contributed by atoms with Gasteiger partial charge in [-0.1, -0.05) is 12.1 Å². The zero-order valence-electron chi connectivity index (χ0n) is 13.6. The second-order valence-electron chi connectivity index (χ2n) is 5.83. The van der Waals surface area contributed by atoms with E-state index in [1.165, 1.54) is 18.2 Å². The molecule has 126 valence electrons.